The molecule has 0 saturated heterocycles. The molecule has 0 aliphatic carbocycles. The van der Waals surface area contributed by atoms with Crippen LogP contribution >= 0.6 is 11.3 Å². The Morgan fingerprint density at radius 3 is 2.72 bits per heavy atom. The van der Waals surface area contributed by atoms with Crippen LogP contribution in [0, 0.1) is 5.82 Å². The number of carbonyl (C=O) groups is 1. The summed E-state index contributed by atoms with van der Waals surface area (Å²) >= 11 is 1.34. The van der Waals surface area contributed by atoms with E-state index in [0.717, 1.165) is 17.2 Å². The molecule has 0 aliphatic heterocycles. The van der Waals surface area contributed by atoms with Gasteiger partial charge in [0.15, 0.2) is 11.6 Å². The van der Waals surface area contributed by atoms with Gasteiger partial charge in [-0.05, 0) is 23.8 Å². The standard InChI is InChI=1S/C21H15FN2O4S/c1-27-16-8-7-13(9-15(16)22)21(26)28-10-17-23-19(25)18-14(11-29-20(18)24-17)12-5-3-2-4-6-12/h2-9,11H,10H2,1H3,(H,23,24,25). The van der Waals surface area contributed by atoms with Crippen LogP contribution in [0.25, 0.3) is 21.3 Å². The molecule has 0 aliphatic rings. The first-order valence-corrected chi connectivity index (χ1v) is 9.51. The lowest BCUT2D eigenvalue weighted by Crippen LogP contribution is -2.14. The van der Waals surface area contributed by atoms with Gasteiger partial charge in [-0.3, -0.25) is 4.79 Å². The van der Waals surface area contributed by atoms with E-state index in [4.69, 9.17) is 9.47 Å². The average Bonchev–Trinajstić information content (AvgIpc) is 3.17. The third-order valence-electron chi connectivity index (χ3n) is 4.31. The summed E-state index contributed by atoms with van der Waals surface area (Å²) in [6, 6.07) is 13.3. The molecule has 2 heterocycles. The number of hydrogen-bond acceptors (Lipinski definition) is 6. The van der Waals surface area contributed by atoms with Gasteiger partial charge < -0.3 is 14.5 Å². The lowest BCUT2D eigenvalue weighted by molar-refractivity contribution is 0.0461. The Morgan fingerprint density at radius 1 is 1.21 bits per heavy atom. The van der Waals surface area contributed by atoms with E-state index in [1.165, 1.54) is 30.6 Å². The van der Waals surface area contributed by atoms with Crippen LogP contribution in [-0.4, -0.2) is 23.0 Å². The zero-order chi connectivity index (χ0) is 20.4. The summed E-state index contributed by atoms with van der Waals surface area (Å²) in [5.41, 5.74) is 1.45. The zero-order valence-electron chi connectivity index (χ0n) is 15.3. The van der Waals surface area contributed by atoms with Gasteiger partial charge in [-0.2, -0.15) is 0 Å². The first kappa shape index (κ1) is 18.8. The van der Waals surface area contributed by atoms with Crippen molar-refractivity contribution in [2.45, 2.75) is 6.61 Å². The monoisotopic (exact) mass is 410 g/mol. The molecule has 0 atom stereocenters. The van der Waals surface area contributed by atoms with Crippen molar-refractivity contribution in [1.29, 1.82) is 0 Å². The van der Waals surface area contributed by atoms with Crippen LogP contribution < -0.4 is 10.3 Å². The van der Waals surface area contributed by atoms with Gasteiger partial charge in [-0.1, -0.05) is 30.3 Å². The number of methoxy groups -OCH3 is 1. The highest BCUT2D eigenvalue weighted by molar-refractivity contribution is 7.17. The maximum Gasteiger partial charge on any atom is 0.338 e. The quantitative estimate of drug-likeness (QED) is 0.500. The number of benzene rings is 2. The van der Waals surface area contributed by atoms with Crippen LogP contribution in [0.3, 0.4) is 0 Å². The zero-order valence-corrected chi connectivity index (χ0v) is 16.1. The van der Waals surface area contributed by atoms with Crippen molar-refractivity contribution in [3.8, 4) is 16.9 Å². The Morgan fingerprint density at radius 2 is 2.00 bits per heavy atom. The van der Waals surface area contributed by atoms with Crippen molar-refractivity contribution >= 4 is 27.5 Å². The number of carbonyl (C=O) groups excluding carboxylic acids is 1. The molecular weight excluding hydrogens is 395 g/mol. The largest absolute Gasteiger partial charge is 0.494 e. The predicted octanol–water partition coefficient (Wildman–Crippen LogP) is 4.16. The fourth-order valence-corrected chi connectivity index (χ4v) is 3.87. The smallest absolute Gasteiger partial charge is 0.338 e. The predicted molar refractivity (Wildman–Crippen MR) is 108 cm³/mol. The van der Waals surface area contributed by atoms with Crippen LogP contribution in [0.4, 0.5) is 4.39 Å². The second kappa shape index (κ2) is 7.84. The van der Waals surface area contributed by atoms with E-state index >= 15 is 0 Å². The van der Waals surface area contributed by atoms with E-state index < -0.39 is 11.8 Å². The molecule has 8 heteroatoms. The molecular formula is C21H15FN2O4S. The molecule has 0 unspecified atom stereocenters. The highest BCUT2D eigenvalue weighted by Crippen LogP contribution is 2.30. The number of esters is 1. The summed E-state index contributed by atoms with van der Waals surface area (Å²) in [6.45, 7) is -0.240. The lowest BCUT2D eigenvalue weighted by Gasteiger charge is -2.06. The molecule has 2 aromatic carbocycles. The number of H-pyrrole nitrogens is 1. The SMILES string of the molecule is COc1ccc(C(=O)OCc2nc3scc(-c4ccccc4)c3c(=O)[nH]2)cc1F. The van der Waals surface area contributed by atoms with Crippen molar-refractivity contribution in [1.82, 2.24) is 9.97 Å². The first-order valence-electron chi connectivity index (χ1n) is 8.63. The molecule has 146 valence electrons. The van der Waals surface area contributed by atoms with Crippen molar-refractivity contribution in [2.24, 2.45) is 0 Å². The number of nitrogens with one attached hydrogen (secondary N) is 1. The van der Waals surface area contributed by atoms with Gasteiger partial charge in [0.25, 0.3) is 5.56 Å². The van der Waals surface area contributed by atoms with E-state index in [1.54, 1.807) is 0 Å². The molecule has 0 bridgehead atoms. The van der Waals surface area contributed by atoms with Gasteiger partial charge in [-0.15, -0.1) is 11.3 Å². The number of thiophene rings is 1. The molecule has 29 heavy (non-hydrogen) atoms. The number of nitrogens with zero attached hydrogens (tertiary/aromatic N) is 1. The molecule has 2 aromatic heterocycles. The molecule has 0 amide bonds. The highest BCUT2D eigenvalue weighted by atomic mass is 32.1. The fraction of sp³-hybridized carbons (Fsp3) is 0.0952. The third kappa shape index (κ3) is 3.74. The number of aromatic nitrogens is 2. The van der Waals surface area contributed by atoms with Gasteiger partial charge >= 0.3 is 5.97 Å². The summed E-state index contributed by atoms with van der Waals surface area (Å²) in [5.74, 6) is -1.15. The minimum atomic E-state index is -0.731. The fourth-order valence-electron chi connectivity index (χ4n) is 2.90. The number of hydrogen-bond donors (Lipinski definition) is 1. The molecule has 6 nitrogen and oxygen atoms in total. The number of ether oxygens (including phenoxy) is 2. The maximum atomic E-state index is 13.8. The van der Waals surface area contributed by atoms with Crippen LogP contribution in [0.15, 0.2) is 58.7 Å². The number of rotatable bonds is 5. The van der Waals surface area contributed by atoms with Crippen LogP contribution in [0.2, 0.25) is 0 Å². The van der Waals surface area contributed by atoms with Gasteiger partial charge in [0.05, 0.1) is 18.1 Å². The Kier molecular flexibility index (Phi) is 5.09. The van der Waals surface area contributed by atoms with E-state index in [9.17, 15) is 14.0 Å². The second-order valence-corrected chi connectivity index (χ2v) is 6.99. The summed E-state index contributed by atoms with van der Waals surface area (Å²) in [7, 11) is 1.34. The molecule has 1 N–H and O–H groups in total. The molecule has 0 spiro atoms. The van der Waals surface area contributed by atoms with Gasteiger partial charge in [0.1, 0.15) is 17.3 Å². The van der Waals surface area contributed by atoms with Crippen molar-refractivity contribution < 1.29 is 18.7 Å². The molecule has 4 rings (SSSR count). The summed E-state index contributed by atoms with van der Waals surface area (Å²) < 4.78 is 23.7. The van der Waals surface area contributed by atoms with Crippen LogP contribution in [-0.2, 0) is 11.3 Å². The van der Waals surface area contributed by atoms with E-state index in [0.29, 0.717) is 10.2 Å². The minimum absolute atomic E-state index is 0.0323. The number of halogens is 1. The van der Waals surface area contributed by atoms with Crippen molar-refractivity contribution in [3.63, 3.8) is 0 Å². The Labute approximate surface area is 168 Å². The summed E-state index contributed by atoms with van der Waals surface area (Å²) in [6.07, 6.45) is 0. The minimum Gasteiger partial charge on any atom is -0.494 e. The highest BCUT2D eigenvalue weighted by Gasteiger charge is 2.15. The molecule has 0 fully saturated rings. The first-order chi connectivity index (χ1) is 14.1. The Hall–Kier alpha value is -3.52. The van der Waals surface area contributed by atoms with Gasteiger partial charge in [0, 0.05) is 10.9 Å². The summed E-state index contributed by atoms with van der Waals surface area (Å²) in [4.78, 5) is 32.3. The molecule has 0 saturated carbocycles. The topological polar surface area (TPSA) is 81.3 Å². The van der Waals surface area contributed by atoms with Crippen molar-refractivity contribution in [2.75, 3.05) is 7.11 Å². The van der Waals surface area contributed by atoms with Crippen LogP contribution in [0.5, 0.6) is 5.75 Å². The summed E-state index contributed by atoms with van der Waals surface area (Å²) in [5, 5.41) is 2.37. The molecule has 4 aromatic rings. The van der Waals surface area contributed by atoms with E-state index in [1.807, 2.05) is 35.7 Å². The Bertz CT molecular complexity index is 1250. The lowest BCUT2D eigenvalue weighted by atomic mass is 10.1. The van der Waals surface area contributed by atoms with Crippen LogP contribution in [0.1, 0.15) is 16.2 Å². The van der Waals surface area contributed by atoms with Gasteiger partial charge in [0.2, 0.25) is 0 Å². The Balaban J connectivity index is 1.56. The normalized spacial score (nSPS) is 10.8. The second-order valence-electron chi connectivity index (χ2n) is 6.13. The van der Waals surface area contributed by atoms with Crippen molar-refractivity contribution in [3.05, 3.63) is 81.5 Å². The number of fused-ring (bicyclic) bond motifs is 1. The number of aromatic amines is 1. The molecule has 0 radical (unpaired) electrons. The van der Waals surface area contributed by atoms with E-state index in [2.05, 4.69) is 9.97 Å². The average molecular weight is 410 g/mol. The van der Waals surface area contributed by atoms with Gasteiger partial charge in [-0.25, -0.2) is 14.2 Å². The maximum absolute atomic E-state index is 13.8. The van der Waals surface area contributed by atoms with E-state index in [-0.39, 0.29) is 29.3 Å². The third-order valence-corrected chi connectivity index (χ3v) is 5.18.